The Kier molecular flexibility index (Phi) is 37.3. The lowest BCUT2D eigenvalue weighted by molar-refractivity contribution is -0.161. The molecular formula is C43H74NO8P. The van der Waals surface area contributed by atoms with Gasteiger partial charge in [-0.1, -0.05) is 138 Å². The van der Waals surface area contributed by atoms with Gasteiger partial charge in [0.25, 0.3) is 0 Å². The van der Waals surface area contributed by atoms with Crippen LogP contribution in [0, 0.1) is 0 Å². The number of hydrogen-bond acceptors (Lipinski definition) is 8. The first kappa shape index (κ1) is 50.5. The molecule has 0 saturated heterocycles. The van der Waals surface area contributed by atoms with E-state index in [-0.39, 0.29) is 32.6 Å². The van der Waals surface area contributed by atoms with Gasteiger partial charge in [-0.2, -0.15) is 0 Å². The zero-order chi connectivity index (χ0) is 38.9. The number of phosphoric ester groups is 1. The summed E-state index contributed by atoms with van der Waals surface area (Å²) in [6.45, 7) is 3.51. The highest BCUT2D eigenvalue weighted by Crippen LogP contribution is 2.43. The number of unbranched alkanes of at least 4 members (excludes halogenated alkanes) is 12. The maximum absolute atomic E-state index is 12.6. The predicted octanol–water partition coefficient (Wildman–Crippen LogP) is 11.5. The van der Waals surface area contributed by atoms with Crippen LogP contribution in [0.3, 0.4) is 0 Å². The lowest BCUT2D eigenvalue weighted by Crippen LogP contribution is -2.29. The van der Waals surface area contributed by atoms with Crippen LogP contribution < -0.4 is 5.73 Å². The molecule has 2 atom stereocenters. The predicted molar refractivity (Wildman–Crippen MR) is 219 cm³/mol. The van der Waals surface area contributed by atoms with Gasteiger partial charge < -0.3 is 20.1 Å². The van der Waals surface area contributed by atoms with E-state index in [2.05, 4.69) is 80.7 Å². The lowest BCUT2D eigenvalue weighted by atomic mass is 10.1. The third-order valence-electron chi connectivity index (χ3n) is 8.08. The van der Waals surface area contributed by atoms with E-state index >= 15 is 0 Å². The average Bonchev–Trinajstić information content (AvgIpc) is 3.14. The maximum Gasteiger partial charge on any atom is 0.472 e. The van der Waals surface area contributed by atoms with Crippen molar-refractivity contribution < 1.29 is 37.6 Å². The van der Waals surface area contributed by atoms with Gasteiger partial charge in [0, 0.05) is 19.4 Å². The minimum absolute atomic E-state index is 0.0418. The number of carbonyl (C=O) groups is 2. The van der Waals surface area contributed by atoms with Gasteiger partial charge in [0.15, 0.2) is 6.10 Å². The summed E-state index contributed by atoms with van der Waals surface area (Å²) in [5.74, 6) is -0.909. The van der Waals surface area contributed by atoms with Crippen molar-refractivity contribution in [3.63, 3.8) is 0 Å². The van der Waals surface area contributed by atoms with Gasteiger partial charge in [0.2, 0.25) is 0 Å². The quantitative estimate of drug-likeness (QED) is 0.0274. The molecule has 0 fully saturated rings. The van der Waals surface area contributed by atoms with Gasteiger partial charge in [0.1, 0.15) is 6.61 Å². The van der Waals surface area contributed by atoms with Crippen LogP contribution in [0.25, 0.3) is 0 Å². The van der Waals surface area contributed by atoms with Crippen molar-refractivity contribution in [2.75, 3.05) is 26.4 Å². The van der Waals surface area contributed by atoms with Crippen molar-refractivity contribution in [2.24, 2.45) is 5.73 Å². The molecular weight excluding hydrogens is 689 g/mol. The standard InChI is InChI=1S/C43H74NO8P/c1-3-5-7-9-11-13-15-17-19-20-22-23-25-27-29-31-33-35-42(45)49-39-41(40-51-53(47,48)50-38-37-44)52-43(46)36-34-32-30-28-26-24-21-18-16-14-12-10-8-6-4-2/h5,7,11,13-14,16-17,19,22-23,27,29,41H,3-4,6,8-10,12,15,18,20-21,24-26,28,30-40,44H2,1-2H3,(H,47,48)/t41-/m1/s1. The lowest BCUT2D eigenvalue weighted by Gasteiger charge is -2.19. The smallest absolute Gasteiger partial charge is 0.462 e. The molecule has 0 radical (unpaired) electrons. The Labute approximate surface area is 322 Å². The SMILES string of the molecule is CCC=CCC=CCC=CCC=CCC=CCCCC(=O)OC[C@H](COP(=O)(O)OCCN)OC(=O)CCCCCCCCCC=CCCCCCC. The summed E-state index contributed by atoms with van der Waals surface area (Å²) in [6.07, 6.45) is 46.5. The molecule has 0 saturated carbocycles. The number of hydrogen-bond donors (Lipinski definition) is 2. The van der Waals surface area contributed by atoms with Crippen LogP contribution >= 0.6 is 7.82 Å². The molecule has 0 aliphatic rings. The Bertz CT molecular complexity index is 1100. The van der Waals surface area contributed by atoms with Crippen molar-refractivity contribution in [1.29, 1.82) is 0 Å². The topological polar surface area (TPSA) is 134 Å². The molecule has 0 aliphatic carbocycles. The van der Waals surface area contributed by atoms with E-state index in [9.17, 15) is 19.0 Å². The summed E-state index contributed by atoms with van der Waals surface area (Å²) in [6, 6.07) is 0. The Morgan fingerprint density at radius 1 is 0.585 bits per heavy atom. The third kappa shape index (κ3) is 39.0. The molecule has 0 aromatic heterocycles. The van der Waals surface area contributed by atoms with Crippen LogP contribution in [0.4, 0.5) is 0 Å². The molecule has 9 nitrogen and oxygen atoms in total. The van der Waals surface area contributed by atoms with Crippen molar-refractivity contribution in [3.05, 3.63) is 72.9 Å². The van der Waals surface area contributed by atoms with Crippen LogP contribution in [-0.4, -0.2) is 49.3 Å². The van der Waals surface area contributed by atoms with E-state index < -0.39 is 32.5 Å². The van der Waals surface area contributed by atoms with E-state index in [0.29, 0.717) is 12.8 Å². The highest BCUT2D eigenvalue weighted by Gasteiger charge is 2.25. The molecule has 3 N–H and O–H groups in total. The molecule has 0 amide bonds. The van der Waals surface area contributed by atoms with Crippen LogP contribution in [0.1, 0.15) is 155 Å². The Hall–Kier alpha value is -2.55. The van der Waals surface area contributed by atoms with E-state index in [4.69, 9.17) is 24.3 Å². The molecule has 0 spiro atoms. The normalized spacial score (nSPS) is 14.1. The minimum Gasteiger partial charge on any atom is -0.462 e. The number of nitrogens with two attached hydrogens (primary N) is 1. The Morgan fingerprint density at radius 3 is 1.62 bits per heavy atom. The molecule has 1 unspecified atom stereocenters. The average molecular weight is 764 g/mol. The van der Waals surface area contributed by atoms with E-state index in [1.54, 1.807) is 0 Å². The summed E-state index contributed by atoms with van der Waals surface area (Å²) in [4.78, 5) is 34.8. The molecule has 0 aliphatic heterocycles. The largest absolute Gasteiger partial charge is 0.472 e. The molecule has 0 heterocycles. The molecule has 0 aromatic carbocycles. The van der Waals surface area contributed by atoms with Gasteiger partial charge in [-0.15, -0.1) is 0 Å². The monoisotopic (exact) mass is 764 g/mol. The summed E-state index contributed by atoms with van der Waals surface area (Å²) < 4.78 is 32.7. The van der Waals surface area contributed by atoms with Gasteiger partial charge in [-0.25, -0.2) is 4.57 Å². The number of rotatable bonds is 37. The number of esters is 2. The zero-order valence-corrected chi connectivity index (χ0v) is 34.1. The highest BCUT2D eigenvalue weighted by atomic mass is 31.2. The summed E-state index contributed by atoms with van der Waals surface area (Å²) in [7, 11) is -4.39. The van der Waals surface area contributed by atoms with Crippen LogP contribution in [0.2, 0.25) is 0 Å². The van der Waals surface area contributed by atoms with Crippen LogP contribution in [0.5, 0.6) is 0 Å². The third-order valence-corrected chi connectivity index (χ3v) is 9.06. The second-order valence-electron chi connectivity index (χ2n) is 13.1. The van der Waals surface area contributed by atoms with Gasteiger partial charge in [-0.05, 0) is 77.0 Å². The zero-order valence-electron chi connectivity index (χ0n) is 33.2. The molecule has 0 bridgehead atoms. The first-order valence-corrected chi connectivity index (χ1v) is 21.9. The van der Waals surface area contributed by atoms with Gasteiger partial charge >= 0.3 is 19.8 Å². The van der Waals surface area contributed by atoms with E-state index in [0.717, 1.165) is 64.2 Å². The summed E-state index contributed by atoms with van der Waals surface area (Å²) in [5, 5.41) is 0. The Morgan fingerprint density at radius 2 is 1.06 bits per heavy atom. The van der Waals surface area contributed by atoms with Gasteiger partial charge in [0.05, 0.1) is 13.2 Å². The van der Waals surface area contributed by atoms with Crippen molar-refractivity contribution in [3.8, 4) is 0 Å². The van der Waals surface area contributed by atoms with Crippen molar-refractivity contribution in [1.82, 2.24) is 0 Å². The fraction of sp³-hybridized carbons (Fsp3) is 0.674. The number of allylic oxidation sites excluding steroid dienone is 12. The van der Waals surface area contributed by atoms with Crippen molar-refractivity contribution in [2.45, 2.75) is 161 Å². The fourth-order valence-corrected chi connectivity index (χ4v) is 5.84. The second kappa shape index (κ2) is 39.2. The number of phosphoric acid groups is 1. The molecule has 0 rings (SSSR count). The molecule has 53 heavy (non-hydrogen) atoms. The minimum atomic E-state index is -4.39. The first-order valence-electron chi connectivity index (χ1n) is 20.4. The second-order valence-corrected chi connectivity index (χ2v) is 14.6. The first-order chi connectivity index (χ1) is 25.8. The van der Waals surface area contributed by atoms with Crippen molar-refractivity contribution >= 4 is 19.8 Å². The van der Waals surface area contributed by atoms with E-state index in [1.807, 2.05) is 6.08 Å². The summed E-state index contributed by atoms with van der Waals surface area (Å²) in [5.41, 5.74) is 5.33. The molecule has 0 aromatic rings. The summed E-state index contributed by atoms with van der Waals surface area (Å²) >= 11 is 0. The molecule has 304 valence electrons. The maximum atomic E-state index is 12.6. The van der Waals surface area contributed by atoms with E-state index in [1.165, 1.54) is 51.4 Å². The highest BCUT2D eigenvalue weighted by molar-refractivity contribution is 7.47. The number of ether oxygens (including phenoxy) is 2. The molecule has 10 heteroatoms. The van der Waals surface area contributed by atoms with Gasteiger partial charge in [-0.3, -0.25) is 18.6 Å². The fourth-order valence-electron chi connectivity index (χ4n) is 5.07. The van der Waals surface area contributed by atoms with Crippen LogP contribution in [-0.2, 0) is 32.7 Å². The Balaban J connectivity index is 4.30. The van der Waals surface area contributed by atoms with Crippen LogP contribution in [0.15, 0.2) is 72.9 Å². The number of carbonyl (C=O) groups excluding carboxylic acids is 2.